The molecule has 2 saturated carbocycles. The maximum Gasteiger partial charge on any atom is 0.573 e. The predicted octanol–water partition coefficient (Wildman–Crippen LogP) is 7.65. The van der Waals surface area contributed by atoms with Crippen molar-refractivity contribution in [1.29, 1.82) is 0 Å². The third kappa shape index (κ3) is 5.87. The van der Waals surface area contributed by atoms with Crippen LogP contribution in [-0.2, 0) is 0 Å². The lowest BCUT2D eigenvalue weighted by Crippen LogP contribution is -2.30. The van der Waals surface area contributed by atoms with Gasteiger partial charge in [-0.25, -0.2) is 9.18 Å². The fourth-order valence-electron chi connectivity index (χ4n) is 5.50. The Morgan fingerprint density at radius 3 is 2.27 bits per heavy atom. The Kier molecular flexibility index (Phi) is 6.96. The van der Waals surface area contributed by atoms with Crippen LogP contribution in [0.15, 0.2) is 42.5 Å². The minimum atomic E-state index is -4.80. The van der Waals surface area contributed by atoms with Crippen molar-refractivity contribution in [2.24, 2.45) is 17.8 Å². The van der Waals surface area contributed by atoms with Crippen LogP contribution < -0.4 is 9.47 Å². The Bertz CT molecular complexity index is 970. The lowest BCUT2D eigenvalue weighted by Gasteiger charge is -2.42. The number of carbonyl (C=O) groups is 1. The number of ether oxygens (including phenoxy) is 2. The van der Waals surface area contributed by atoms with E-state index >= 15 is 0 Å². The van der Waals surface area contributed by atoms with Gasteiger partial charge in [-0.15, -0.1) is 13.2 Å². The van der Waals surface area contributed by atoms with Crippen molar-refractivity contribution in [3.05, 3.63) is 59.4 Å². The Labute approximate surface area is 191 Å². The van der Waals surface area contributed by atoms with Gasteiger partial charge in [0.1, 0.15) is 17.3 Å². The van der Waals surface area contributed by atoms with Gasteiger partial charge in [-0.3, -0.25) is 0 Å². The van der Waals surface area contributed by atoms with E-state index in [1.165, 1.54) is 43.9 Å². The molecule has 1 unspecified atom stereocenters. The molecule has 0 bridgehead atoms. The summed E-state index contributed by atoms with van der Waals surface area (Å²) in [4.78, 5) is 12.4. The molecule has 0 saturated heterocycles. The molecule has 2 aromatic rings. The van der Waals surface area contributed by atoms with Gasteiger partial charge in [-0.05, 0) is 97.7 Å². The highest BCUT2D eigenvalue weighted by Gasteiger charge is 2.36. The standard InChI is InChI=1S/C26H28F4O3/c1-2-16-3-4-18-14-19(6-5-17(18)13-16)23-12-7-20(15-24(23)27)25(31)32-21-8-10-22(11-9-21)33-26(28,29)30/h7-12,15-19H,2-6,13-14H2,1H3/t16-,17-,18+,19?/m0/s1. The van der Waals surface area contributed by atoms with E-state index in [-0.39, 0.29) is 17.2 Å². The monoisotopic (exact) mass is 464 g/mol. The molecule has 4 atom stereocenters. The number of esters is 1. The molecule has 0 amide bonds. The summed E-state index contributed by atoms with van der Waals surface area (Å²) in [5.74, 6) is 0.838. The number of hydrogen-bond acceptors (Lipinski definition) is 3. The summed E-state index contributed by atoms with van der Waals surface area (Å²) in [5, 5.41) is 0. The first-order valence-corrected chi connectivity index (χ1v) is 11.6. The molecular weight excluding hydrogens is 436 g/mol. The van der Waals surface area contributed by atoms with Crippen LogP contribution in [0.2, 0.25) is 0 Å². The summed E-state index contributed by atoms with van der Waals surface area (Å²) in [5.41, 5.74) is 0.709. The van der Waals surface area contributed by atoms with E-state index in [9.17, 15) is 22.4 Å². The first kappa shape index (κ1) is 23.6. The molecule has 2 aliphatic rings. The SMILES string of the molecule is CC[C@H]1CC[C@@H]2CC(c3ccc(C(=O)Oc4ccc(OC(F)(F)F)cc4)cc3F)CC[C@H]2C1. The molecule has 7 heteroatoms. The van der Waals surface area contributed by atoms with Crippen molar-refractivity contribution in [2.45, 2.75) is 64.1 Å². The second-order valence-electron chi connectivity index (χ2n) is 9.26. The van der Waals surface area contributed by atoms with Gasteiger partial charge in [0.15, 0.2) is 0 Å². The van der Waals surface area contributed by atoms with E-state index in [0.29, 0.717) is 11.5 Å². The van der Waals surface area contributed by atoms with E-state index in [1.54, 1.807) is 12.1 Å². The van der Waals surface area contributed by atoms with Gasteiger partial charge in [0.05, 0.1) is 5.56 Å². The molecule has 0 heterocycles. The summed E-state index contributed by atoms with van der Waals surface area (Å²) >= 11 is 0. The highest BCUT2D eigenvalue weighted by atomic mass is 19.4. The fourth-order valence-corrected chi connectivity index (χ4v) is 5.50. The van der Waals surface area contributed by atoms with E-state index in [1.807, 2.05) is 0 Å². The van der Waals surface area contributed by atoms with Crippen LogP contribution in [0, 0.1) is 23.6 Å². The Morgan fingerprint density at radius 2 is 1.61 bits per heavy atom. The summed E-state index contributed by atoms with van der Waals surface area (Å²) in [6.45, 7) is 2.26. The largest absolute Gasteiger partial charge is 0.573 e. The number of benzene rings is 2. The zero-order valence-electron chi connectivity index (χ0n) is 18.5. The molecule has 2 fully saturated rings. The topological polar surface area (TPSA) is 35.5 Å². The van der Waals surface area contributed by atoms with Gasteiger partial charge in [0.25, 0.3) is 0 Å². The van der Waals surface area contributed by atoms with Crippen molar-refractivity contribution in [1.82, 2.24) is 0 Å². The summed E-state index contributed by atoms with van der Waals surface area (Å²) in [6.07, 6.45) is 3.31. The lowest BCUT2D eigenvalue weighted by molar-refractivity contribution is -0.274. The summed E-state index contributed by atoms with van der Waals surface area (Å²) in [7, 11) is 0. The molecule has 33 heavy (non-hydrogen) atoms. The smallest absolute Gasteiger partial charge is 0.423 e. The zero-order valence-corrected chi connectivity index (χ0v) is 18.5. The predicted molar refractivity (Wildman–Crippen MR) is 116 cm³/mol. The highest BCUT2D eigenvalue weighted by Crippen LogP contribution is 2.48. The van der Waals surface area contributed by atoms with E-state index in [4.69, 9.17) is 4.74 Å². The third-order valence-corrected chi connectivity index (χ3v) is 7.24. The maximum atomic E-state index is 15.0. The minimum absolute atomic E-state index is 0.0417. The maximum absolute atomic E-state index is 15.0. The Hall–Kier alpha value is -2.57. The zero-order chi connectivity index (χ0) is 23.6. The number of hydrogen-bond donors (Lipinski definition) is 0. The molecule has 0 spiro atoms. The summed E-state index contributed by atoms with van der Waals surface area (Å²) in [6, 6.07) is 8.90. The van der Waals surface area contributed by atoms with Crippen molar-refractivity contribution >= 4 is 5.97 Å². The van der Waals surface area contributed by atoms with Gasteiger partial charge < -0.3 is 9.47 Å². The van der Waals surface area contributed by atoms with Crippen LogP contribution in [0.25, 0.3) is 0 Å². The van der Waals surface area contributed by atoms with Crippen LogP contribution >= 0.6 is 0 Å². The summed E-state index contributed by atoms with van der Waals surface area (Å²) < 4.78 is 60.7. The first-order chi connectivity index (χ1) is 15.7. The van der Waals surface area contributed by atoms with Crippen molar-refractivity contribution in [3.8, 4) is 11.5 Å². The van der Waals surface area contributed by atoms with Crippen molar-refractivity contribution < 1.29 is 31.8 Å². The minimum Gasteiger partial charge on any atom is -0.423 e. The number of carbonyl (C=O) groups excluding carboxylic acids is 1. The average molecular weight is 464 g/mol. The van der Waals surface area contributed by atoms with Crippen LogP contribution in [0.3, 0.4) is 0 Å². The van der Waals surface area contributed by atoms with Gasteiger partial charge in [-0.2, -0.15) is 0 Å². The second-order valence-corrected chi connectivity index (χ2v) is 9.26. The quantitative estimate of drug-likeness (QED) is 0.259. The Morgan fingerprint density at radius 1 is 0.939 bits per heavy atom. The van der Waals surface area contributed by atoms with Crippen LogP contribution in [-0.4, -0.2) is 12.3 Å². The average Bonchev–Trinajstić information content (AvgIpc) is 2.78. The number of halogens is 4. The molecule has 0 aliphatic heterocycles. The molecule has 3 nitrogen and oxygen atoms in total. The lowest BCUT2D eigenvalue weighted by atomic mass is 9.63. The second kappa shape index (κ2) is 9.74. The fraction of sp³-hybridized carbons (Fsp3) is 0.500. The Balaban J connectivity index is 1.38. The molecule has 2 aliphatic carbocycles. The van der Waals surface area contributed by atoms with Gasteiger partial charge in [0.2, 0.25) is 0 Å². The third-order valence-electron chi connectivity index (χ3n) is 7.24. The van der Waals surface area contributed by atoms with Gasteiger partial charge >= 0.3 is 12.3 Å². The number of fused-ring (bicyclic) bond motifs is 1. The highest BCUT2D eigenvalue weighted by molar-refractivity contribution is 5.91. The molecule has 2 aromatic carbocycles. The molecule has 4 rings (SSSR count). The van der Waals surface area contributed by atoms with E-state index in [0.717, 1.165) is 43.2 Å². The molecule has 0 radical (unpaired) electrons. The van der Waals surface area contributed by atoms with Crippen LogP contribution in [0.4, 0.5) is 17.6 Å². The van der Waals surface area contributed by atoms with Crippen LogP contribution in [0.1, 0.15) is 73.7 Å². The molecule has 0 N–H and O–H groups in total. The molecule has 178 valence electrons. The first-order valence-electron chi connectivity index (χ1n) is 11.6. The van der Waals surface area contributed by atoms with E-state index < -0.39 is 23.9 Å². The van der Waals surface area contributed by atoms with Gasteiger partial charge in [0, 0.05) is 0 Å². The molecule has 0 aromatic heterocycles. The van der Waals surface area contributed by atoms with Crippen molar-refractivity contribution in [3.63, 3.8) is 0 Å². The molecular formula is C26H28F4O3. The normalized spacial score (nSPS) is 25.2. The van der Waals surface area contributed by atoms with Crippen LogP contribution in [0.5, 0.6) is 11.5 Å². The van der Waals surface area contributed by atoms with Crippen molar-refractivity contribution in [2.75, 3.05) is 0 Å². The number of alkyl halides is 3. The van der Waals surface area contributed by atoms with E-state index in [2.05, 4.69) is 11.7 Å². The number of rotatable bonds is 5. The van der Waals surface area contributed by atoms with Gasteiger partial charge in [-0.1, -0.05) is 25.8 Å².